The monoisotopic (exact) mass is 302 g/mol. The summed E-state index contributed by atoms with van der Waals surface area (Å²) in [5.74, 6) is 0.258. The lowest BCUT2D eigenvalue weighted by molar-refractivity contribution is 0.698. The van der Waals surface area contributed by atoms with Crippen LogP contribution in [0.25, 0.3) is 17.0 Å². The Morgan fingerprint density at radius 2 is 1.73 bits per heavy atom. The fourth-order valence-corrected chi connectivity index (χ4v) is 2.32. The topological polar surface area (TPSA) is 108 Å². The van der Waals surface area contributed by atoms with E-state index in [4.69, 9.17) is 0 Å². The first-order valence-corrected chi connectivity index (χ1v) is 6.54. The number of aromatic nitrogens is 6. The minimum absolute atomic E-state index is 0.0853. The molecule has 0 amide bonds. The van der Waals surface area contributed by atoms with Gasteiger partial charge in [-0.3, -0.25) is 23.8 Å². The van der Waals surface area contributed by atoms with Crippen molar-refractivity contribution in [1.82, 2.24) is 28.9 Å². The van der Waals surface area contributed by atoms with Gasteiger partial charge in [0.2, 0.25) is 0 Å². The van der Waals surface area contributed by atoms with Gasteiger partial charge in [0.25, 0.3) is 11.1 Å². The summed E-state index contributed by atoms with van der Waals surface area (Å²) in [6, 6.07) is 1.42. The van der Waals surface area contributed by atoms with E-state index in [0.29, 0.717) is 11.4 Å². The van der Waals surface area contributed by atoms with Gasteiger partial charge >= 0.3 is 5.69 Å². The number of fused-ring (bicyclic) bond motifs is 1. The smallest absolute Gasteiger partial charge is 0.294 e. The predicted octanol–water partition coefficient (Wildman–Crippen LogP) is -0.877. The molecule has 114 valence electrons. The number of hydrogen-bond acceptors (Lipinski definition) is 5. The van der Waals surface area contributed by atoms with Crippen molar-refractivity contribution >= 4 is 11.2 Å². The average molecular weight is 302 g/mol. The zero-order valence-corrected chi connectivity index (χ0v) is 12.5. The van der Waals surface area contributed by atoms with E-state index in [-0.39, 0.29) is 22.5 Å². The predicted molar refractivity (Wildman–Crippen MR) is 79.4 cm³/mol. The molecule has 3 aromatic rings. The standard InChI is InChI=1S/C13H14N6O3/c1-6-5-8(20)19(16-6)10-7(2)14-9-11(15-10)17(3)13(22)18(4)12(9)21/h5,16H,1-4H3. The molecule has 22 heavy (non-hydrogen) atoms. The van der Waals surface area contributed by atoms with E-state index in [9.17, 15) is 14.4 Å². The minimum Gasteiger partial charge on any atom is -0.294 e. The number of nitrogens with one attached hydrogen (secondary N) is 1. The fourth-order valence-electron chi connectivity index (χ4n) is 2.32. The van der Waals surface area contributed by atoms with E-state index in [1.807, 2.05) is 0 Å². The molecule has 0 radical (unpaired) electrons. The van der Waals surface area contributed by atoms with Gasteiger partial charge in [0, 0.05) is 25.9 Å². The molecule has 0 saturated heterocycles. The molecule has 0 aliphatic rings. The molecule has 9 nitrogen and oxygen atoms in total. The molecule has 0 fully saturated rings. The second-order valence-electron chi connectivity index (χ2n) is 5.12. The maximum Gasteiger partial charge on any atom is 0.332 e. The van der Waals surface area contributed by atoms with Crippen molar-refractivity contribution < 1.29 is 0 Å². The fraction of sp³-hybridized carbons (Fsp3) is 0.308. The summed E-state index contributed by atoms with van der Waals surface area (Å²) in [6.07, 6.45) is 0. The third-order valence-electron chi connectivity index (χ3n) is 3.49. The zero-order valence-electron chi connectivity index (χ0n) is 12.5. The molecular formula is C13H14N6O3. The van der Waals surface area contributed by atoms with E-state index in [1.165, 1.54) is 29.4 Å². The van der Waals surface area contributed by atoms with Crippen LogP contribution in [0, 0.1) is 13.8 Å². The number of aryl methyl sites for hydroxylation is 3. The second-order valence-corrected chi connectivity index (χ2v) is 5.12. The average Bonchev–Trinajstić information content (AvgIpc) is 2.81. The maximum atomic E-state index is 12.1. The van der Waals surface area contributed by atoms with Crippen LogP contribution < -0.4 is 16.8 Å². The Morgan fingerprint density at radius 3 is 2.32 bits per heavy atom. The maximum absolute atomic E-state index is 12.1. The van der Waals surface area contributed by atoms with Crippen LogP contribution >= 0.6 is 0 Å². The number of H-pyrrole nitrogens is 1. The normalized spacial score (nSPS) is 11.3. The van der Waals surface area contributed by atoms with Crippen molar-refractivity contribution in [2.45, 2.75) is 13.8 Å². The first kappa shape index (κ1) is 14.0. The molecule has 9 heteroatoms. The van der Waals surface area contributed by atoms with E-state index in [1.54, 1.807) is 13.8 Å². The number of hydrogen-bond donors (Lipinski definition) is 1. The van der Waals surface area contributed by atoms with Crippen molar-refractivity contribution in [3.8, 4) is 5.82 Å². The van der Waals surface area contributed by atoms with E-state index in [2.05, 4.69) is 15.1 Å². The van der Waals surface area contributed by atoms with Gasteiger partial charge in [0.1, 0.15) is 0 Å². The summed E-state index contributed by atoms with van der Waals surface area (Å²) in [6.45, 7) is 3.39. The Bertz CT molecular complexity index is 1080. The van der Waals surface area contributed by atoms with Gasteiger partial charge in [-0.1, -0.05) is 0 Å². The molecule has 0 bridgehead atoms. The summed E-state index contributed by atoms with van der Waals surface area (Å²) in [5, 5.41) is 2.86. The molecular weight excluding hydrogens is 288 g/mol. The van der Waals surface area contributed by atoms with Gasteiger partial charge in [0.05, 0.1) is 5.69 Å². The van der Waals surface area contributed by atoms with Crippen LogP contribution in [-0.2, 0) is 14.1 Å². The van der Waals surface area contributed by atoms with Crippen molar-refractivity contribution in [3.05, 3.63) is 48.6 Å². The number of rotatable bonds is 1. The number of aromatic amines is 1. The molecule has 1 N–H and O–H groups in total. The lowest BCUT2D eigenvalue weighted by atomic mass is 10.4. The highest BCUT2D eigenvalue weighted by Crippen LogP contribution is 2.10. The summed E-state index contributed by atoms with van der Waals surface area (Å²) >= 11 is 0. The van der Waals surface area contributed by atoms with Gasteiger partial charge in [-0.2, -0.15) is 4.68 Å². The third kappa shape index (κ3) is 1.82. The molecule has 0 saturated carbocycles. The summed E-state index contributed by atoms with van der Waals surface area (Å²) in [4.78, 5) is 44.6. The Balaban J connectivity index is 2.48. The van der Waals surface area contributed by atoms with Gasteiger partial charge < -0.3 is 0 Å². The van der Waals surface area contributed by atoms with Crippen LogP contribution in [0.4, 0.5) is 0 Å². The molecule has 0 aromatic carbocycles. The molecule has 0 aliphatic carbocycles. The van der Waals surface area contributed by atoms with Crippen molar-refractivity contribution in [3.63, 3.8) is 0 Å². The van der Waals surface area contributed by atoms with Crippen molar-refractivity contribution in [2.75, 3.05) is 0 Å². The lowest BCUT2D eigenvalue weighted by Crippen LogP contribution is -2.38. The van der Waals surface area contributed by atoms with Crippen molar-refractivity contribution in [1.29, 1.82) is 0 Å². The van der Waals surface area contributed by atoms with Crippen LogP contribution in [0.1, 0.15) is 11.4 Å². The summed E-state index contributed by atoms with van der Waals surface area (Å²) in [5.41, 5.74) is -0.0126. The van der Waals surface area contributed by atoms with Gasteiger partial charge in [-0.15, -0.1) is 0 Å². The molecule has 0 aliphatic heterocycles. The Labute approximate surface area is 123 Å². The van der Waals surface area contributed by atoms with E-state index in [0.717, 1.165) is 4.57 Å². The molecule has 0 atom stereocenters. The van der Waals surface area contributed by atoms with Crippen LogP contribution in [-0.4, -0.2) is 28.9 Å². The molecule has 3 aromatic heterocycles. The van der Waals surface area contributed by atoms with E-state index < -0.39 is 11.2 Å². The summed E-state index contributed by atoms with van der Waals surface area (Å²) in [7, 11) is 2.88. The minimum atomic E-state index is -0.518. The number of nitrogens with zero attached hydrogens (tertiary/aromatic N) is 5. The highest BCUT2D eigenvalue weighted by atomic mass is 16.2. The van der Waals surface area contributed by atoms with Gasteiger partial charge in [0.15, 0.2) is 17.0 Å². The first-order valence-electron chi connectivity index (χ1n) is 6.54. The Hall–Kier alpha value is -2.97. The molecule has 3 heterocycles. The second kappa shape index (κ2) is 4.52. The zero-order chi connectivity index (χ0) is 16.2. The van der Waals surface area contributed by atoms with E-state index >= 15 is 0 Å². The highest BCUT2D eigenvalue weighted by molar-refractivity contribution is 5.70. The summed E-state index contributed by atoms with van der Waals surface area (Å²) < 4.78 is 3.44. The Morgan fingerprint density at radius 1 is 1.05 bits per heavy atom. The van der Waals surface area contributed by atoms with Crippen molar-refractivity contribution in [2.24, 2.45) is 14.1 Å². The quantitative estimate of drug-likeness (QED) is 0.628. The van der Waals surface area contributed by atoms with Crippen LogP contribution in [0.3, 0.4) is 0 Å². The molecule has 0 spiro atoms. The third-order valence-corrected chi connectivity index (χ3v) is 3.49. The highest BCUT2D eigenvalue weighted by Gasteiger charge is 2.16. The van der Waals surface area contributed by atoms with Gasteiger partial charge in [-0.25, -0.2) is 14.8 Å². The first-order chi connectivity index (χ1) is 10.3. The largest absolute Gasteiger partial charge is 0.332 e. The molecule has 0 unspecified atom stereocenters. The van der Waals surface area contributed by atoms with Gasteiger partial charge in [-0.05, 0) is 13.8 Å². The van der Waals surface area contributed by atoms with Crippen LogP contribution in [0.2, 0.25) is 0 Å². The SMILES string of the molecule is Cc1cc(=O)n(-c2nc3c(nc2C)c(=O)n(C)c(=O)n3C)[nH]1. The Kier molecular flexibility index (Phi) is 2.87. The lowest BCUT2D eigenvalue weighted by Gasteiger charge is -2.10. The van der Waals surface area contributed by atoms with Crippen LogP contribution in [0.5, 0.6) is 0 Å². The molecule has 3 rings (SSSR count). The van der Waals surface area contributed by atoms with Crippen LogP contribution in [0.15, 0.2) is 20.4 Å².